The third-order valence-corrected chi connectivity index (χ3v) is 1.19. The summed E-state index contributed by atoms with van der Waals surface area (Å²) in [5.74, 6) is 6.31. The minimum atomic E-state index is 0.287. The largest absolute Gasteiger partial charge is 0.396 e. The third-order valence-electron chi connectivity index (χ3n) is 1.19. The van der Waals surface area contributed by atoms with Crippen molar-refractivity contribution in [1.29, 1.82) is 0 Å². The lowest BCUT2D eigenvalue weighted by molar-refractivity contribution is 0.279. The fraction of sp³-hybridized carbons (Fsp3) is 0.750. The van der Waals surface area contributed by atoms with Crippen molar-refractivity contribution in [2.75, 3.05) is 6.61 Å². The summed E-state index contributed by atoms with van der Waals surface area (Å²) in [6, 6.07) is 0. The molecular weight excluding hydrogens is 112 g/mol. The van der Waals surface area contributed by atoms with Gasteiger partial charge in [0, 0.05) is 12.5 Å². The van der Waals surface area contributed by atoms with Gasteiger partial charge >= 0.3 is 0 Å². The lowest BCUT2D eigenvalue weighted by atomic mass is 10.1. The Morgan fingerprint density at radius 3 is 2.67 bits per heavy atom. The molecule has 0 aliphatic rings. The highest BCUT2D eigenvalue weighted by Crippen LogP contribution is 2.01. The van der Waals surface area contributed by atoms with E-state index >= 15 is 0 Å². The summed E-state index contributed by atoms with van der Waals surface area (Å²) in [4.78, 5) is 0. The number of hydrogen-bond donors (Lipinski definition) is 1. The van der Waals surface area contributed by atoms with E-state index in [-0.39, 0.29) is 6.61 Å². The molecule has 0 aromatic heterocycles. The third kappa shape index (κ3) is 5.39. The van der Waals surface area contributed by atoms with Crippen LogP contribution in [0.1, 0.15) is 26.7 Å². The van der Waals surface area contributed by atoms with Crippen LogP contribution in [0.3, 0.4) is 0 Å². The number of rotatable bonds is 3. The zero-order chi connectivity index (χ0) is 7.11. The summed E-state index contributed by atoms with van der Waals surface area (Å²) in [5, 5.41) is 8.44. The minimum absolute atomic E-state index is 0.287. The van der Waals surface area contributed by atoms with Gasteiger partial charge < -0.3 is 5.11 Å². The fourth-order valence-electron chi connectivity index (χ4n) is 0.716. The Morgan fingerprint density at radius 2 is 2.22 bits per heavy atom. The Kier molecular flexibility index (Phi) is 5.35. The molecular formula is C8H14O. The van der Waals surface area contributed by atoms with Crippen LogP contribution in [-0.2, 0) is 0 Å². The molecule has 0 aliphatic carbocycles. The van der Waals surface area contributed by atoms with Gasteiger partial charge in [-0.05, 0) is 19.8 Å². The van der Waals surface area contributed by atoms with Gasteiger partial charge in [-0.1, -0.05) is 6.92 Å². The first-order valence-corrected chi connectivity index (χ1v) is 3.34. The number of hydrogen-bond acceptors (Lipinski definition) is 1. The topological polar surface area (TPSA) is 20.2 Å². The maximum absolute atomic E-state index is 8.44. The summed E-state index contributed by atoms with van der Waals surface area (Å²) in [7, 11) is 0. The average Bonchev–Trinajstić information content (AvgIpc) is 1.85. The van der Waals surface area contributed by atoms with Gasteiger partial charge in [-0.15, -0.1) is 11.8 Å². The maximum atomic E-state index is 8.44. The molecule has 0 spiro atoms. The smallest absolute Gasteiger partial charge is 0.0431 e. The van der Waals surface area contributed by atoms with Crippen molar-refractivity contribution < 1.29 is 5.11 Å². The lowest BCUT2D eigenvalue weighted by Gasteiger charge is -1.98. The fourth-order valence-corrected chi connectivity index (χ4v) is 0.716. The zero-order valence-corrected chi connectivity index (χ0v) is 6.15. The Labute approximate surface area is 57.1 Å². The quantitative estimate of drug-likeness (QED) is 0.567. The normalized spacial score (nSPS) is 11.9. The van der Waals surface area contributed by atoms with Crippen LogP contribution < -0.4 is 0 Å². The van der Waals surface area contributed by atoms with Gasteiger partial charge in [0.1, 0.15) is 0 Å². The van der Waals surface area contributed by atoms with Gasteiger partial charge in [0.25, 0.3) is 0 Å². The summed E-state index contributed by atoms with van der Waals surface area (Å²) in [5.41, 5.74) is 0. The Balaban J connectivity index is 3.23. The van der Waals surface area contributed by atoms with Crippen molar-refractivity contribution in [2.24, 2.45) is 5.92 Å². The summed E-state index contributed by atoms with van der Waals surface area (Å²) >= 11 is 0. The number of aliphatic hydroxyl groups excluding tert-OH is 1. The standard InChI is InChI=1S/C8H14O/c1-3-5-8(2)6-4-7-9/h8-9H,4,6-7H2,1-2H3/t8-/m0/s1. The van der Waals surface area contributed by atoms with Crippen LogP contribution >= 0.6 is 0 Å². The van der Waals surface area contributed by atoms with Gasteiger partial charge in [0.2, 0.25) is 0 Å². The van der Waals surface area contributed by atoms with E-state index in [0.29, 0.717) is 5.92 Å². The SMILES string of the molecule is CC#C[C@H](C)CCCO. The van der Waals surface area contributed by atoms with Crippen LogP contribution in [0, 0.1) is 17.8 Å². The van der Waals surface area contributed by atoms with E-state index in [4.69, 9.17) is 5.11 Å². The van der Waals surface area contributed by atoms with Gasteiger partial charge in [0.05, 0.1) is 0 Å². The van der Waals surface area contributed by atoms with Crippen LogP contribution in [0.2, 0.25) is 0 Å². The Morgan fingerprint density at radius 1 is 1.56 bits per heavy atom. The molecule has 1 N–H and O–H groups in total. The van der Waals surface area contributed by atoms with E-state index in [0.717, 1.165) is 12.8 Å². The molecule has 1 heteroatoms. The average molecular weight is 126 g/mol. The molecule has 1 nitrogen and oxygen atoms in total. The Hall–Kier alpha value is -0.480. The monoisotopic (exact) mass is 126 g/mol. The van der Waals surface area contributed by atoms with E-state index in [9.17, 15) is 0 Å². The second kappa shape index (κ2) is 5.65. The zero-order valence-electron chi connectivity index (χ0n) is 6.15. The lowest BCUT2D eigenvalue weighted by Crippen LogP contribution is -1.92. The van der Waals surface area contributed by atoms with Gasteiger partial charge in [-0.25, -0.2) is 0 Å². The van der Waals surface area contributed by atoms with Crippen molar-refractivity contribution in [2.45, 2.75) is 26.7 Å². The molecule has 0 fully saturated rings. The second-order valence-electron chi connectivity index (χ2n) is 2.16. The number of aliphatic hydroxyl groups is 1. The van der Waals surface area contributed by atoms with Crippen molar-refractivity contribution in [1.82, 2.24) is 0 Å². The molecule has 0 saturated heterocycles. The van der Waals surface area contributed by atoms with Crippen LogP contribution in [-0.4, -0.2) is 11.7 Å². The van der Waals surface area contributed by atoms with E-state index in [2.05, 4.69) is 18.8 Å². The van der Waals surface area contributed by atoms with Crippen LogP contribution in [0.4, 0.5) is 0 Å². The van der Waals surface area contributed by atoms with Crippen molar-refractivity contribution in [3.05, 3.63) is 0 Å². The first-order valence-electron chi connectivity index (χ1n) is 3.34. The van der Waals surface area contributed by atoms with Gasteiger partial charge in [-0.2, -0.15) is 0 Å². The molecule has 0 bridgehead atoms. The molecule has 0 aromatic rings. The highest BCUT2D eigenvalue weighted by atomic mass is 16.2. The van der Waals surface area contributed by atoms with Crippen LogP contribution in [0.25, 0.3) is 0 Å². The first-order chi connectivity index (χ1) is 4.31. The molecule has 0 heterocycles. The van der Waals surface area contributed by atoms with E-state index in [1.807, 2.05) is 6.92 Å². The predicted octanol–water partition coefficient (Wildman–Crippen LogP) is 1.42. The molecule has 0 saturated carbocycles. The molecule has 9 heavy (non-hydrogen) atoms. The molecule has 0 rings (SSSR count). The molecule has 0 aliphatic heterocycles. The molecule has 0 radical (unpaired) electrons. The highest BCUT2D eigenvalue weighted by Gasteiger charge is 1.93. The summed E-state index contributed by atoms with van der Waals surface area (Å²) in [6.45, 7) is 4.21. The molecule has 1 atom stereocenters. The summed E-state index contributed by atoms with van der Waals surface area (Å²) < 4.78 is 0. The predicted molar refractivity (Wildman–Crippen MR) is 38.9 cm³/mol. The van der Waals surface area contributed by atoms with Crippen molar-refractivity contribution >= 4 is 0 Å². The van der Waals surface area contributed by atoms with Gasteiger partial charge in [0.15, 0.2) is 0 Å². The molecule has 0 amide bonds. The van der Waals surface area contributed by atoms with Crippen molar-refractivity contribution in [3.8, 4) is 11.8 Å². The minimum Gasteiger partial charge on any atom is -0.396 e. The van der Waals surface area contributed by atoms with E-state index in [1.54, 1.807) is 0 Å². The summed E-state index contributed by atoms with van der Waals surface area (Å²) in [6.07, 6.45) is 1.88. The first kappa shape index (κ1) is 8.52. The maximum Gasteiger partial charge on any atom is 0.0431 e. The molecule has 0 aromatic carbocycles. The second-order valence-corrected chi connectivity index (χ2v) is 2.16. The van der Waals surface area contributed by atoms with Crippen molar-refractivity contribution in [3.63, 3.8) is 0 Å². The highest BCUT2D eigenvalue weighted by molar-refractivity contribution is 4.98. The van der Waals surface area contributed by atoms with Crippen LogP contribution in [0.15, 0.2) is 0 Å². The molecule has 0 unspecified atom stereocenters. The van der Waals surface area contributed by atoms with Gasteiger partial charge in [-0.3, -0.25) is 0 Å². The van der Waals surface area contributed by atoms with Crippen LogP contribution in [0.5, 0.6) is 0 Å². The molecule has 52 valence electrons. The Bertz CT molecular complexity index is 107. The van der Waals surface area contributed by atoms with E-state index in [1.165, 1.54) is 0 Å². The van der Waals surface area contributed by atoms with E-state index < -0.39 is 0 Å².